The molecule has 5 nitrogen and oxygen atoms in total. The molecule has 1 amide bonds. The Balaban J connectivity index is 1.65. The van der Waals surface area contributed by atoms with Gasteiger partial charge in [0, 0.05) is 24.7 Å². The molecular formula is C23H26ClF3N2O3. The minimum atomic E-state index is -4.59. The molecule has 0 bridgehead atoms. The van der Waals surface area contributed by atoms with Gasteiger partial charge in [-0.1, -0.05) is 24.1 Å². The number of methoxy groups -OCH3 is 2. The van der Waals surface area contributed by atoms with Crippen LogP contribution in [0.2, 0.25) is 5.02 Å². The fourth-order valence-electron chi connectivity index (χ4n) is 3.99. The van der Waals surface area contributed by atoms with Crippen molar-refractivity contribution in [2.45, 2.75) is 37.9 Å². The smallest absolute Gasteiger partial charge is 0.417 e. The lowest BCUT2D eigenvalue weighted by molar-refractivity contribution is -0.137. The van der Waals surface area contributed by atoms with Crippen LogP contribution < -0.4 is 14.8 Å². The van der Waals surface area contributed by atoms with E-state index in [1.54, 1.807) is 14.2 Å². The number of ether oxygens (including phenoxy) is 2. The Kier molecular flexibility index (Phi) is 7.90. The average Bonchev–Trinajstić information content (AvgIpc) is 2.78. The van der Waals surface area contributed by atoms with Gasteiger partial charge in [0.1, 0.15) is 0 Å². The zero-order valence-corrected chi connectivity index (χ0v) is 18.7. The Morgan fingerprint density at radius 3 is 2.56 bits per heavy atom. The summed E-state index contributed by atoms with van der Waals surface area (Å²) in [4.78, 5) is 14.7. The molecule has 0 radical (unpaired) electrons. The number of likely N-dealkylation sites (tertiary alicyclic amines) is 1. The zero-order chi connectivity index (χ0) is 23.3. The van der Waals surface area contributed by atoms with E-state index in [-0.39, 0.29) is 24.1 Å². The van der Waals surface area contributed by atoms with Crippen molar-refractivity contribution < 1.29 is 27.4 Å². The molecule has 0 aliphatic carbocycles. The van der Waals surface area contributed by atoms with E-state index in [4.69, 9.17) is 21.1 Å². The first-order valence-electron chi connectivity index (χ1n) is 10.4. The minimum Gasteiger partial charge on any atom is -0.493 e. The molecule has 0 spiro atoms. The SMILES string of the molecule is COc1ccc(C2CCCCN2CCC(=O)Nc2ccc(Cl)c(C(F)(F)F)c2)cc1OC. The van der Waals surface area contributed by atoms with Crippen LogP contribution >= 0.6 is 11.6 Å². The molecule has 174 valence electrons. The summed E-state index contributed by atoms with van der Waals surface area (Å²) in [6.07, 6.45) is -1.38. The summed E-state index contributed by atoms with van der Waals surface area (Å²) in [5.74, 6) is 0.952. The molecule has 1 aliphatic rings. The first-order valence-corrected chi connectivity index (χ1v) is 10.7. The van der Waals surface area contributed by atoms with Gasteiger partial charge in [0.05, 0.1) is 24.8 Å². The molecule has 0 saturated carbocycles. The van der Waals surface area contributed by atoms with Crippen LogP contribution in [0.4, 0.5) is 18.9 Å². The number of piperidine rings is 1. The molecule has 1 N–H and O–H groups in total. The fourth-order valence-corrected chi connectivity index (χ4v) is 4.21. The average molecular weight is 471 g/mol. The summed E-state index contributed by atoms with van der Waals surface area (Å²) in [5.41, 5.74) is 0.179. The highest BCUT2D eigenvalue weighted by Gasteiger charge is 2.33. The molecule has 9 heteroatoms. The highest BCUT2D eigenvalue weighted by Crippen LogP contribution is 2.37. The normalized spacial score (nSPS) is 17.1. The third kappa shape index (κ3) is 5.86. The van der Waals surface area contributed by atoms with Crippen LogP contribution in [0.15, 0.2) is 36.4 Å². The number of rotatable bonds is 7. The van der Waals surface area contributed by atoms with Crippen molar-refractivity contribution >= 4 is 23.2 Å². The molecule has 1 heterocycles. The van der Waals surface area contributed by atoms with Gasteiger partial charge in [-0.3, -0.25) is 9.69 Å². The second kappa shape index (κ2) is 10.4. The monoisotopic (exact) mass is 470 g/mol. The number of benzene rings is 2. The molecule has 1 unspecified atom stereocenters. The van der Waals surface area contributed by atoms with Gasteiger partial charge in [-0.05, 0) is 55.3 Å². The summed E-state index contributed by atoms with van der Waals surface area (Å²) in [6.45, 7) is 1.33. The van der Waals surface area contributed by atoms with Crippen molar-refractivity contribution in [3.63, 3.8) is 0 Å². The van der Waals surface area contributed by atoms with E-state index < -0.39 is 16.8 Å². The molecule has 1 fully saturated rings. The summed E-state index contributed by atoms with van der Waals surface area (Å²) >= 11 is 5.64. The van der Waals surface area contributed by atoms with Gasteiger partial charge in [-0.25, -0.2) is 0 Å². The number of alkyl halides is 3. The van der Waals surface area contributed by atoms with Gasteiger partial charge in [-0.2, -0.15) is 13.2 Å². The van der Waals surface area contributed by atoms with Crippen molar-refractivity contribution in [1.29, 1.82) is 0 Å². The van der Waals surface area contributed by atoms with E-state index in [2.05, 4.69) is 10.2 Å². The van der Waals surface area contributed by atoms with E-state index in [1.807, 2.05) is 18.2 Å². The molecule has 2 aromatic carbocycles. The predicted molar refractivity (Wildman–Crippen MR) is 117 cm³/mol. The third-order valence-corrected chi connectivity index (χ3v) is 5.92. The van der Waals surface area contributed by atoms with Crippen molar-refractivity contribution in [3.05, 3.63) is 52.5 Å². The quantitative estimate of drug-likeness (QED) is 0.544. The van der Waals surface area contributed by atoms with E-state index >= 15 is 0 Å². The molecular weight excluding hydrogens is 445 g/mol. The molecule has 1 saturated heterocycles. The lowest BCUT2D eigenvalue weighted by Crippen LogP contribution is -2.35. The van der Waals surface area contributed by atoms with Crippen LogP contribution in [0, 0.1) is 0 Å². The van der Waals surface area contributed by atoms with Gasteiger partial charge in [0.15, 0.2) is 11.5 Å². The number of hydrogen-bond donors (Lipinski definition) is 1. The van der Waals surface area contributed by atoms with Gasteiger partial charge in [0.2, 0.25) is 5.91 Å². The maximum Gasteiger partial charge on any atom is 0.417 e. The topological polar surface area (TPSA) is 50.8 Å². The maximum absolute atomic E-state index is 13.0. The van der Waals surface area contributed by atoms with Crippen molar-refractivity contribution in [3.8, 4) is 11.5 Å². The number of nitrogens with zero attached hydrogens (tertiary/aromatic N) is 1. The first-order chi connectivity index (χ1) is 15.2. The number of amides is 1. The number of anilines is 1. The number of carbonyl (C=O) groups is 1. The van der Waals surface area contributed by atoms with Crippen LogP contribution in [0.5, 0.6) is 11.5 Å². The van der Waals surface area contributed by atoms with Crippen LogP contribution in [-0.4, -0.2) is 38.1 Å². The number of carbonyl (C=O) groups excluding carboxylic acids is 1. The molecule has 32 heavy (non-hydrogen) atoms. The molecule has 1 atom stereocenters. The van der Waals surface area contributed by atoms with E-state index in [1.165, 1.54) is 6.07 Å². The zero-order valence-electron chi connectivity index (χ0n) is 18.0. The third-order valence-electron chi connectivity index (χ3n) is 5.59. The Morgan fingerprint density at radius 2 is 1.88 bits per heavy atom. The van der Waals surface area contributed by atoms with E-state index in [0.717, 1.165) is 43.5 Å². The van der Waals surface area contributed by atoms with Crippen LogP contribution in [0.25, 0.3) is 0 Å². The lowest BCUT2D eigenvalue weighted by atomic mass is 9.94. The van der Waals surface area contributed by atoms with E-state index in [0.29, 0.717) is 18.0 Å². The highest BCUT2D eigenvalue weighted by atomic mass is 35.5. The second-order valence-corrected chi connectivity index (χ2v) is 8.06. The second-order valence-electron chi connectivity index (χ2n) is 7.65. The number of hydrogen-bond acceptors (Lipinski definition) is 4. The van der Waals surface area contributed by atoms with Crippen LogP contribution in [0.1, 0.15) is 42.9 Å². The van der Waals surface area contributed by atoms with Gasteiger partial charge < -0.3 is 14.8 Å². The standard InChI is InChI=1S/C23H26ClF3N2O3/c1-31-20-9-6-15(13-21(20)32-2)19-5-3-4-11-29(19)12-10-22(30)28-16-7-8-18(24)17(14-16)23(25,26)27/h6-9,13-14,19H,3-5,10-12H2,1-2H3,(H,28,30). The molecule has 2 aromatic rings. The van der Waals surface area contributed by atoms with Crippen LogP contribution in [-0.2, 0) is 11.0 Å². The van der Waals surface area contributed by atoms with Crippen LogP contribution in [0.3, 0.4) is 0 Å². The summed E-state index contributed by atoms with van der Waals surface area (Å²) < 4.78 is 49.8. The molecule has 3 rings (SSSR count). The fraction of sp³-hybridized carbons (Fsp3) is 0.435. The number of nitrogens with one attached hydrogen (secondary N) is 1. The highest BCUT2D eigenvalue weighted by molar-refractivity contribution is 6.31. The maximum atomic E-state index is 13.0. The summed E-state index contributed by atoms with van der Waals surface area (Å²) in [7, 11) is 3.17. The van der Waals surface area contributed by atoms with Crippen molar-refractivity contribution in [1.82, 2.24) is 4.90 Å². The van der Waals surface area contributed by atoms with Crippen molar-refractivity contribution in [2.75, 3.05) is 32.6 Å². The molecule has 0 aromatic heterocycles. The van der Waals surface area contributed by atoms with Gasteiger partial charge >= 0.3 is 6.18 Å². The summed E-state index contributed by atoms with van der Waals surface area (Å²) in [5, 5.41) is 2.15. The summed E-state index contributed by atoms with van der Waals surface area (Å²) in [6, 6.07) is 9.30. The first kappa shape index (κ1) is 24.2. The Bertz CT molecular complexity index is 953. The Labute approximate surface area is 190 Å². The predicted octanol–water partition coefficient (Wildman–Crippen LogP) is 5.93. The minimum absolute atomic E-state index is 0.0711. The lowest BCUT2D eigenvalue weighted by Gasteiger charge is -2.36. The van der Waals surface area contributed by atoms with Gasteiger partial charge in [0.25, 0.3) is 0 Å². The molecule has 1 aliphatic heterocycles. The van der Waals surface area contributed by atoms with E-state index in [9.17, 15) is 18.0 Å². The van der Waals surface area contributed by atoms with Crippen molar-refractivity contribution in [2.24, 2.45) is 0 Å². The van der Waals surface area contributed by atoms with Gasteiger partial charge in [-0.15, -0.1) is 0 Å². The Morgan fingerprint density at radius 1 is 1.12 bits per heavy atom. The number of halogens is 4. The Hall–Kier alpha value is -2.45. The largest absolute Gasteiger partial charge is 0.493 e.